The first-order chi connectivity index (χ1) is 13.3. The normalized spacial score (nSPS) is 17.1. The van der Waals surface area contributed by atoms with Crippen LogP contribution in [0.15, 0.2) is 36.4 Å². The van der Waals surface area contributed by atoms with Crippen molar-refractivity contribution >= 4 is 0 Å². The van der Waals surface area contributed by atoms with E-state index in [9.17, 15) is 0 Å². The van der Waals surface area contributed by atoms with Crippen LogP contribution in [0.25, 0.3) is 0 Å². The molecule has 0 amide bonds. The first-order valence-corrected chi connectivity index (χ1v) is 9.30. The van der Waals surface area contributed by atoms with Gasteiger partial charge in [-0.1, -0.05) is 18.2 Å². The highest BCUT2D eigenvalue weighted by Gasteiger charge is 2.20. The molecule has 6 nitrogen and oxygen atoms in total. The summed E-state index contributed by atoms with van der Waals surface area (Å²) in [6.45, 7) is 6.29. The maximum Gasteiger partial charge on any atom is 0.231 e. The van der Waals surface area contributed by atoms with Gasteiger partial charge in [0, 0.05) is 44.8 Å². The van der Waals surface area contributed by atoms with Crippen molar-refractivity contribution in [1.29, 1.82) is 0 Å². The second kappa shape index (κ2) is 8.06. The smallest absolute Gasteiger partial charge is 0.231 e. The van der Waals surface area contributed by atoms with Crippen molar-refractivity contribution in [3.05, 3.63) is 47.5 Å². The molecule has 2 aliphatic heterocycles. The predicted octanol–water partition coefficient (Wildman–Crippen LogP) is 2.75. The highest BCUT2D eigenvalue weighted by atomic mass is 16.7. The van der Waals surface area contributed by atoms with E-state index in [0.717, 1.165) is 62.3 Å². The van der Waals surface area contributed by atoms with E-state index in [2.05, 4.69) is 28.0 Å². The van der Waals surface area contributed by atoms with Crippen LogP contribution in [0.1, 0.15) is 11.1 Å². The van der Waals surface area contributed by atoms with Gasteiger partial charge in [-0.3, -0.25) is 9.80 Å². The minimum absolute atomic E-state index is 0.325. The summed E-state index contributed by atoms with van der Waals surface area (Å²) in [6.07, 6.45) is 0. The second-order valence-corrected chi connectivity index (χ2v) is 6.89. The summed E-state index contributed by atoms with van der Waals surface area (Å²) in [5, 5.41) is 0. The van der Waals surface area contributed by atoms with Crippen molar-refractivity contribution in [1.82, 2.24) is 9.80 Å². The van der Waals surface area contributed by atoms with Crippen molar-refractivity contribution in [3.8, 4) is 23.0 Å². The van der Waals surface area contributed by atoms with Crippen LogP contribution in [-0.2, 0) is 13.1 Å². The molecule has 0 saturated carbocycles. The van der Waals surface area contributed by atoms with Crippen LogP contribution in [0, 0.1) is 0 Å². The topological polar surface area (TPSA) is 43.4 Å². The molecule has 1 fully saturated rings. The lowest BCUT2D eigenvalue weighted by Crippen LogP contribution is -2.45. The van der Waals surface area contributed by atoms with Crippen molar-refractivity contribution in [3.63, 3.8) is 0 Å². The fourth-order valence-corrected chi connectivity index (χ4v) is 3.72. The summed E-state index contributed by atoms with van der Waals surface area (Å²) in [5.41, 5.74) is 2.43. The molecule has 0 spiro atoms. The summed E-state index contributed by atoms with van der Waals surface area (Å²) in [6, 6.07) is 12.3. The third-order valence-corrected chi connectivity index (χ3v) is 5.19. The Morgan fingerprint density at radius 3 is 2.33 bits per heavy atom. The van der Waals surface area contributed by atoms with Crippen LogP contribution < -0.4 is 18.9 Å². The van der Waals surface area contributed by atoms with Crippen LogP contribution in [0.3, 0.4) is 0 Å². The molecule has 0 N–H and O–H groups in total. The molecule has 27 heavy (non-hydrogen) atoms. The van der Waals surface area contributed by atoms with Gasteiger partial charge in [-0.2, -0.15) is 0 Å². The van der Waals surface area contributed by atoms with E-state index in [-0.39, 0.29) is 0 Å². The summed E-state index contributed by atoms with van der Waals surface area (Å²) in [7, 11) is 3.38. The molecule has 0 atom stereocenters. The van der Waals surface area contributed by atoms with Crippen LogP contribution in [0.4, 0.5) is 0 Å². The Kier molecular flexibility index (Phi) is 5.36. The van der Waals surface area contributed by atoms with E-state index < -0.39 is 0 Å². The fraction of sp³-hybridized carbons (Fsp3) is 0.429. The Morgan fingerprint density at radius 1 is 0.852 bits per heavy atom. The average molecular weight is 370 g/mol. The molecule has 2 aromatic carbocycles. The fourth-order valence-electron chi connectivity index (χ4n) is 3.72. The highest BCUT2D eigenvalue weighted by molar-refractivity contribution is 5.46. The third-order valence-electron chi connectivity index (χ3n) is 5.19. The van der Waals surface area contributed by atoms with Gasteiger partial charge in [-0.15, -0.1) is 0 Å². The first kappa shape index (κ1) is 17.9. The van der Waals surface area contributed by atoms with Crippen LogP contribution >= 0.6 is 0 Å². The predicted molar refractivity (Wildman–Crippen MR) is 103 cm³/mol. The third kappa shape index (κ3) is 3.96. The Morgan fingerprint density at radius 2 is 1.59 bits per heavy atom. The molecule has 0 bridgehead atoms. The van der Waals surface area contributed by atoms with Gasteiger partial charge >= 0.3 is 0 Å². The maximum atomic E-state index is 5.56. The molecule has 4 rings (SSSR count). The van der Waals surface area contributed by atoms with E-state index in [0.29, 0.717) is 6.79 Å². The van der Waals surface area contributed by atoms with Crippen molar-refractivity contribution in [2.24, 2.45) is 0 Å². The minimum atomic E-state index is 0.325. The zero-order chi connectivity index (χ0) is 18.6. The average Bonchev–Trinajstić information content (AvgIpc) is 3.17. The molecule has 2 aromatic rings. The molecule has 2 heterocycles. The lowest BCUT2D eigenvalue weighted by Gasteiger charge is -2.35. The Hall–Kier alpha value is -2.44. The maximum absolute atomic E-state index is 5.56. The summed E-state index contributed by atoms with van der Waals surface area (Å²) in [5.74, 6) is 3.33. The standard InChI is InChI=1S/C21H26N2O4/c1-24-19-5-3-4-17(21(19)25-2)14-23-10-8-22(9-11-23)13-16-6-7-18-20(12-16)27-15-26-18/h3-7,12H,8-11,13-15H2,1-2H3. The van der Waals surface area contributed by atoms with Crippen molar-refractivity contribution in [2.75, 3.05) is 47.2 Å². The van der Waals surface area contributed by atoms with Gasteiger partial charge in [0.25, 0.3) is 0 Å². The van der Waals surface area contributed by atoms with E-state index in [1.54, 1.807) is 14.2 Å². The minimum Gasteiger partial charge on any atom is -0.493 e. The molecule has 0 unspecified atom stereocenters. The number of nitrogens with zero attached hydrogens (tertiary/aromatic N) is 2. The number of methoxy groups -OCH3 is 2. The van der Waals surface area contributed by atoms with E-state index in [1.165, 1.54) is 11.1 Å². The monoisotopic (exact) mass is 370 g/mol. The number of para-hydroxylation sites is 1. The Labute approximate surface area is 160 Å². The van der Waals surface area contributed by atoms with Crippen LogP contribution in [0.5, 0.6) is 23.0 Å². The van der Waals surface area contributed by atoms with Gasteiger partial charge in [-0.05, 0) is 23.8 Å². The number of ether oxygens (including phenoxy) is 4. The number of hydrogen-bond donors (Lipinski definition) is 0. The van der Waals surface area contributed by atoms with E-state index in [4.69, 9.17) is 18.9 Å². The number of piperazine rings is 1. The first-order valence-electron chi connectivity index (χ1n) is 9.30. The van der Waals surface area contributed by atoms with Gasteiger partial charge < -0.3 is 18.9 Å². The van der Waals surface area contributed by atoms with Gasteiger partial charge in [-0.25, -0.2) is 0 Å². The molecular formula is C21H26N2O4. The Bertz CT molecular complexity index is 788. The molecule has 6 heteroatoms. The molecule has 0 aliphatic carbocycles. The van der Waals surface area contributed by atoms with Crippen LogP contribution in [-0.4, -0.2) is 57.0 Å². The Balaban J connectivity index is 1.33. The number of benzene rings is 2. The summed E-state index contributed by atoms with van der Waals surface area (Å²) in [4.78, 5) is 4.95. The lowest BCUT2D eigenvalue weighted by atomic mass is 10.1. The molecular weight excluding hydrogens is 344 g/mol. The molecule has 144 valence electrons. The largest absolute Gasteiger partial charge is 0.493 e. The zero-order valence-electron chi connectivity index (χ0n) is 15.9. The second-order valence-electron chi connectivity index (χ2n) is 6.89. The quantitative estimate of drug-likeness (QED) is 0.779. The number of rotatable bonds is 6. The number of hydrogen-bond acceptors (Lipinski definition) is 6. The molecule has 2 aliphatic rings. The van der Waals surface area contributed by atoms with Gasteiger partial charge in [0.1, 0.15) is 0 Å². The van der Waals surface area contributed by atoms with Gasteiger partial charge in [0.15, 0.2) is 23.0 Å². The SMILES string of the molecule is COc1cccc(CN2CCN(Cc3ccc4c(c3)OCO4)CC2)c1OC. The molecule has 0 aromatic heterocycles. The van der Waals surface area contributed by atoms with Crippen molar-refractivity contribution < 1.29 is 18.9 Å². The summed E-state index contributed by atoms with van der Waals surface area (Å²) >= 11 is 0. The number of fused-ring (bicyclic) bond motifs is 1. The van der Waals surface area contributed by atoms with Gasteiger partial charge in [0.2, 0.25) is 6.79 Å². The van der Waals surface area contributed by atoms with E-state index >= 15 is 0 Å². The molecule has 1 saturated heterocycles. The summed E-state index contributed by atoms with van der Waals surface area (Å²) < 4.78 is 21.8. The van der Waals surface area contributed by atoms with Gasteiger partial charge in [0.05, 0.1) is 14.2 Å². The van der Waals surface area contributed by atoms with Crippen LogP contribution in [0.2, 0.25) is 0 Å². The van der Waals surface area contributed by atoms with Crippen molar-refractivity contribution in [2.45, 2.75) is 13.1 Å². The zero-order valence-corrected chi connectivity index (χ0v) is 15.9. The molecule has 0 radical (unpaired) electrons. The van der Waals surface area contributed by atoms with E-state index in [1.807, 2.05) is 18.2 Å². The lowest BCUT2D eigenvalue weighted by molar-refractivity contribution is 0.121. The highest BCUT2D eigenvalue weighted by Crippen LogP contribution is 2.33.